The van der Waals surface area contributed by atoms with Crippen molar-refractivity contribution in [2.45, 2.75) is 19.9 Å². The first kappa shape index (κ1) is 16.2. The molecule has 0 aliphatic rings. The molecular formula is C15H19ClN2O2. The minimum Gasteiger partial charge on any atom is -0.352 e. The molecule has 0 radical (unpaired) electrons. The van der Waals surface area contributed by atoms with Gasteiger partial charge in [-0.15, -0.1) is 0 Å². The first-order chi connectivity index (χ1) is 9.38. The van der Waals surface area contributed by atoms with E-state index in [1.54, 1.807) is 25.3 Å². The van der Waals surface area contributed by atoms with E-state index in [4.69, 9.17) is 11.6 Å². The minimum absolute atomic E-state index is 0.0436. The third kappa shape index (κ3) is 5.89. The zero-order valence-corrected chi connectivity index (χ0v) is 12.6. The van der Waals surface area contributed by atoms with E-state index in [0.29, 0.717) is 5.02 Å². The molecule has 0 saturated heterocycles. The highest BCUT2D eigenvalue weighted by Crippen LogP contribution is 2.10. The van der Waals surface area contributed by atoms with Gasteiger partial charge in [0.25, 0.3) is 0 Å². The van der Waals surface area contributed by atoms with Crippen LogP contribution in [-0.4, -0.2) is 36.3 Å². The molecule has 108 valence electrons. The second-order valence-electron chi connectivity index (χ2n) is 4.80. The molecule has 1 aromatic carbocycles. The summed E-state index contributed by atoms with van der Waals surface area (Å²) in [7, 11) is 1.59. The number of rotatable bonds is 5. The Balaban J connectivity index is 2.53. The van der Waals surface area contributed by atoms with Gasteiger partial charge >= 0.3 is 0 Å². The van der Waals surface area contributed by atoms with Crippen LogP contribution in [0.15, 0.2) is 30.3 Å². The third-order valence-electron chi connectivity index (χ3n) is 2.50. The highest BCUT2D eigenvalue weighted by Gasteiger charge is 2.10. The van der Waals surface area contributed by atoms with Crippen molar-refractivity contribution in [3.05, 3.63) is 40.9 Å². The average Bonchev–Trinajstić information content (AvgIpc) is 2.36. The van der Waals surface area contributed by atoms with Crippen molar-refractivity contribution in [3.8, 4) is 0 Å². The molecule has 0 aromatic heterocycles. The summed E-state index contributed by atoms with van der Waals surface area (Å²) in [5, 5.41) is 3.39. The van der Waals surface area contributed by atoms with Gasteiger partial charge in [-0.2, -0.15) is 0 Å². The molecule has 2 amide bonds. The summed E-state index contributed by atoms with van der Waals surface area (Å²) in [6, 6.07) is 7.21. The topological polar surface area (TPSA) is 49.4 Å². The molecule has 0 fully saturated rings. The van der Waals surface area contributed by atoms with Crippen molar-refractivity contribution in [1.29, 1.82) is 0 Å². The first-order valence-electron chi connectivity index (χ1n) is 6.36. The van der Waals surface area contributed by atoms with E-state index in [0.717, 1.165) is 5.56 Å². The van der Waals surface area contributed by atoms with E-state index < -0.39 is 0 Å². The van der Waals surface area contributed by atoms with Crippen molar-refractivity contribution < 1.29 is 9.59 Å². The zero-order chi connectivity index (χ0) is 15.1. The molecule has 1 N–H and O–H groups in total. The average molecular weight is 295 g/mol. The van der Waals surface area contributed by atoms with E-state index in [1.165, 1.54) is 11.0 Å². The normalized spacial score (nSPS) is 10.8. The summed E-state index contributed by atoms with van der Waals surface area (Å²) in [4.78, 5) is 24.7. The van der Waals surface area contributed by atoms with Crippen molar-refractivity contribution in [3.63, 3.8) is 0 Å². The summed E-state index contributed by atoms with van der Waals surface area (Å²) < 4.78 is 0. The van der Waals surface area contributed by atoms with Gasteiger partial charge in [-0.25, -0.2) is 0 Å². The predicted octanol–water partition coefficient (Wildman–Crippen LogP) is 2.34. The van der Waals surface area contributed by atoms with Crippen molar-refractivity contribution in [2.24, 2.45) is 0 Å². The first-order valence-corrected chi connectivity index (χ1v) is 6.74. The fraction of sp³-hybridized carbons (Fsp3) is 0.333. The lowest BCUT2D eigenvalue weighted by Crippen LogP contribution is -2.40. The molecule has 5 heteroatoms. The maximum absolute atomic E-state index is 11.8. The Morgan fingerprint density at radius 2 is 1.90 bits per heavy atom. The summed E-state index contributed by atoms with van der Waals surface area (Å²) >= 11 is 5.78. The molecule has 0 heterocycles. The lowest BCUT2D eigenvalue weighted by Gasteiger charge is -2.16. The minimum atomic E-state index is -0.223. The molecule has 0 aliphatic carbocycles. The van der Waals surface area contributed by atoms with E-state index in [9.17, 15) is 9.59 Å². The molecule has 0 atom stereocenters. The number of benzene rings is 1. The van der Waals surface area contributed by atoms with Gasteiger partial charge in [-0.05, 0) is 37.6 Å². The number of hydrogen-bond donors (Lipinski definition) is 1. The Morgan fingerprint density at radius 1 is 1.30 bits per heavy atom. The van der Waals surface area contributed by atoms with Gasteiger partial charge in [0.2, 0.25) is 11.8 Å². The molecule has 20 heavy (non-hydrogen) atoms. The molecule has 0 unspecified atom stereocenters. The number of likely N-dealkylation sites (N-methyl/N-ethyl adjacent to an activating group) is 1. The van der Waals surface area contributed by atoms with Crippen LogP contribution in [0.25, 0.3) is 6.08 Å². The van der Waals surface area contributed by atoms with Gasteiger partial charge in [0.15, 0.2) is 0 Å². The van der Waals surface area contributed by atoms with Crippen molar-refractivity contribution >= 4 is 29.5 Å². The lowest BCUT2D eigenvalue weighted by molar-refractivity contribution is -0.131. The van der Waals surface area contributed by atoms with Crippen LogP contribution in [0.5, 0.6) is 0 Å². The van der Waals surface area contributed by atoms with E-state index in [1.807, 2.05) is 26.0 Å². The highest BCUT2D eigenvalue weighted by molar-refractivity contribution is 6.30. The Hall–Kier alpha value is -1.81. The molecule has 0 bridgehead atoms. The number of carbonyl (C=O) groups excluding carboxylic acids is 2. The van der Waals surface area contributed by atoms with Gasteiger partial charge in [0.1, 0.15) is 0 Å². The Bertz CT molecular complexity index is 495. The van der Waals surface area contributed by atoms with Crippen LogP contribution in [0.2, 0.25) is 5.02 Å². The smallest absolute Gasteiger partial charge is 0.246 e. The van der Waals surface area contributed by atoms with Crippen LogP contribution in [0.4, 0.5) is 0 Å². The molecule has 0 saturated carbocycles. The molecule has 1 aromatic rings. The molecule has 1 rings (SSSR count). The standard InChI is InChI=1S/C15H19ClN2O2/c1-11(2)17-14(19)10-18(3)15(20)9-6-12-4-7-13(16)8-5-12/h4-9,11H,10H2,1-3H3,(H,17,19)/b9-6+. The molecular weight excluding hydrogens is 276 g/mol. The Labute approximate surface area is 124 Å². The molecule has 0 aliphatic heterocycles. The van der Waals surface area contributed by atoms with Crippen LogP contribution in [0.1, 0.15) is 19.4 Å². The summed E-state index contributed by atoms with van der Waals surface area (Å²) in [5.74, 6) is -0.394. The van der Waals surface area contributed by atoms with Gasteiger partial charge in [-0.1, -0.05) is 23.7 Å². The summed E-state index contributed by atoms with van der Waals surface area (Å²) in [6.45, 7) is 3.79. The van der Waals surface area contributed by atoms with Gasteiger partial charge in [0, 0.05) is 24.2 Å². The van der Waals surface area contributed by atoms with Crippen LogP contribution in [-0.2, 0) is 9.59 Å². The van der Waals surface area contributed by atoms with Crippen molar-refractivity contribution in [2.75, 3.05) is 13.6 Å². The molecule has 4 nitrogen and oxygen atoms in total. The number of nitrogens with zero attached hydrogens (tertiary/aromatic N) is 1. The van der Waals surface area contributed by atoms with E-state index >= 15 is 0 Å². The second kappa shape index (κ2) is 7.70. The number of nitrogens with one attached hydrogen (secondary N) is 1. The molecule has 0 spiro atoms. The SMILES string of the molecule is CC(C)NC(=O)CN(C)C(=O)/C=C/c1ccc(Cl)cc1. The maximum Gasteiger partial charge on any atom is 0.246 e. The highest BCUT2D eigenvalue weighted by atomic mass is 35.5. The monoisotopic (exact) mass is 294 g/mol. The third-order valence-corrected chi connectivity index (χ3v) is 2.75. The number of halogens is 1. The largest absolute Gasteiger partial charge is 0.352 e. The number of amides is 2. The van der Waals surface area contributed by atoms with Crippen LogP contribution < -0.4 is 5.32 Å². The van der Waals surface area contributed by atoms with Gasteiger partial charge in [-0.3, -0.25) is 9.59 Å². The van der Waals surface area contributed by atoms with Gasteiger partial charge in [0.05, 0.1) is 6.54 Å². The van der Waals surface area contributed by atoms with Crippen LogP contribution in [0.3, 0.4) is 0 Å². The fourth-order valence-corrected chi connectivity index (χ4v) is 1.66. The number of hydrogen-bond acceptors (Lipinski definition) is 2. The van der Waals surface area contributed by atoms with Crippen LogP contribution in [0, 0.1) is 0 Å². The van der Waals surface area contributed by atoms with Crippen molar-refractivity contribution in [1.82, 2.24) is 10.2 Å². The Kier molecular flexibility index (Phi) is 6.25. The zero-order valence-electron chi connectivity index (χ0n) is 11.9. The quantitative estimate of drug-likeness (QED) is 0.848. The van der Waals surface area contributed by atoms with E-state index in [2.05, 4.69) is 5.32 Å². The summed E-state index contributed by atoms with van der Waals surface area (Å²) in [6.07, 6.45) is 3.13. The lowest BCUT2D eigenvalue weighted by atomic mass is 10.2. The van der Waals surface area contributed by atoms with Crippen LogP contribution >= 0.6 is 11.6 Å². The fourth-order valence-electron chi connectivity index (χ4n) is 1.53. The predicted molar refractivity (Wildman–Crippen MR) is 81.4 cm³/mol. The van der Waals surface area contributed by atoms with E-state index in [-0.39, 0.29) is 24.4 Å². The second-order valence-corrected chi connectivity index (χ2v) is 5.24. The summed E-state index contributed by atoms with van der Waals surface area (Å²) in [5.41, 5.74) is 0.878. The number of carbonyl (C=O) groups is 2. The Morgan fingerprint density at radius 3 is 2.45 bits per heavy atom. The van der Waals surface area contributed by atoms with Gasteiger partial charge < -0.3 is 10.2 Å². The maximum atomic E-state index is 11.8.